The maximum absolute atomic E-state index is 13.4. The summed E-state index contributed by atoms with van der Waals surface area (Å²) in [5, 5.41) is 3.26. The summed E-state index contributed by atoms with van der Waals surface area (Å²) in [5.74, 6) is 2.00. The van der Waals surface area contributed by atoms with Crippen molar-refractivity contribution in [2.45, 2.75) is 32.6 Å². The highest BCUT2D eigenvalue weighted by Crippen LogP contribution is 2.29. The molecule has 0 spiro atoms. The van der Waals surface area contributed by atoms with Crippen molar-refractivity contribution < 1.29 is 13.2 Å². The van der Waals surface area contributed by atoms with Gasteiger partial charge in [-0.15, -0.1) is 0 Å². The number of methoxy groups -OCH3 is 1. The van der Waals surface area contributed by atoms with Gasteiger partial charge < -0.3 is 15.0 Å². The molecule has 8 nitrogen and oxygen atoms in total. The van der Waals surface area contributed by atoms with Crippen LogP contribution in [0.5, 0.6) is 5.75 Å². The van der Waals surface area contributed by atoms with Crippen molar-refractivity contribution in [3.63, 3.8) is 0 Å². The first-order chi connectivity index (χ1) is 16.2. The Morgan fingerprint density at radius 1 is 0.882 bits per heavy atom. The lowest BCUT2D eigenvalue weighted by Gasteiger charge is -2.35. The standard InChI is InChI=1S/C25H31N5O3S/c1-17-6-8-21(9-7-17)27-25-26-20(4)16-24(28-25)29-10-12-30(13-11-29)34(31,32)23-15-18(2)22(33-5)14-19(23)3/h6-9,14-16H,10-13H2,1-5H3,(H,26,27,28). The van der Waals surface area contributed by atoms with Crippen molar-refractivity contribution >= 4 is 27.5 Å². The number of anilines is 3. The third-order valence-electron chi connectivity index (χ3n) is 6.02. The molecule has 9 heteroatoms. The summed E-state index contributed by atoms with van der Waals surface area (Å²) in [4.78, 5) is 11.6. The highest BCUT2D eigenvalue weighted by atomic mass is 32.2. The Kier molecular flexibility index (Phi) is 6.77. The van der Waals surface area contributed by atoms with Crippen LogP contribution in [0.4, 0.5) is 17.5 Å². The SMILES string of the molecule is COc1cc(C)c(S(=O)(=O)N2CCN(c3cc(C)nc(Nc4ccc(C)cc4)n3)CC2)cc1C. The van der Waals surface area contributed by atoms with Gasteiger partial charge in [-0.05, 0) is 63.1 Å². The highest BCUT2D eigenvalue weighted by molar-refractivity contribution is 7.89. The molecule has 0 aliphatic carbocycles. The fourth-order valence-corrected chi connectivity index (χ4v) is 5.81. The maximum atomic E-state index is 13.4. The molecule has 180 valence electrons. The molecule has 0 bridgehead atoms. The minimum Gasteiger partial charge on any atom is -0.496 e. The molecule has 0 atom stereocenters. The molecule has 1 N–H and O–H groups in total. The number of aromatic nitrogens is 2. The molecule has 4 rings (SSSR count). The maximum Gasteiger partial charge on any atom is 0.243 e. The normalized spacial score (nSPS) is 14.8. The number of nitrogens with zero attached hydrogens (tertiary/aromatic N) is 4. The Morgan fingerprint density at radius 2 is 1.56 bits per heavy atom. The second-order valence-electron chi connectivity index (χ2n) is 8.66. The number of hydrogen-bond acceptors (Lipinski definition) is 7. The van der Waals surface area contributed by atoms with Gasteiger partial charge in [-0.25, -0.2) is 13.4 Å². The van der Waals surface area contributed by atoms with Crippen LogP contribution in [0.2, 0.25) is 0 Å². The topological polar surface area (TPSA) is 87.7 Å². The van der Waals surface area contributed by atoms with E-state index in [9.17, 15) is 8.42 Å². The van der Waals surface area contributed by atoms with E-state index in [2.05, 4.69) is 20.2 Å². The second-order valence-corrected chi connectivity index (χ2v) is 10.6. The van der Waals surface area contributed by atoms with Crippen LogP contribution >= 0.6 is 0 Å². The number of hydrogen-bond donors (Lipinski definition) is 1. The molecule has 1 fully saturated rings. The number of ether oxygens (including phenoxy) is 1. The van der Waals surface area contributed by atoms with Crippen molar-refractivity contribution in [1.82, 2.24) is 14.3 Å². The third kappa shape index (κ3) is 5.00. The van der Waals surface area contributed by atoms with E-state index in [0.717, 1.165) is 22.8 Å². The van der Waals surface area contributed by atoms with Crippen molar-refractivity contribution in [2.75, 3.05) is 43.5 Å². The van der Waals surface area contributed by atoms with Crippen LogP contribution in [0.1, 0.15) is 22.4 Å². The summed E-state index contributed by atoms with van der Waals surface area (Å²) in [6.07, 6.45) is 0. The summed E-state index contributed by atoms with van der Waals surface area (Å²) in [5.41, 5.74) is 4.44. The van der Waals surface area contributed by atoms with Crippen LogP contribution in [-0.2, 0) is 10.0 Å². The summed E-state index contributed by atoms with van der Waals surface area (Å²) >= 11 is 0. The lowest BCUT2D eigenvalue weighted by Crippen LogP contribution is -2.49. The predicted molar refractivity (Wildman–Crippen MR) is 135 cm³/mol. The molecule has 2 heterocycles. The first-order valence-corrected chi connectivity index (χ1v) is 12.7. The van der Waals surface area contributed by atoms with E-state index in [1.807, 2.05) is 51.1 Å². The fourth-order valence-electron chi connectivity index (χ4n) is 4.09. The van der Waals surface area contributed by atoms with E-state index in [0.29, 0.717) is 48.3 Å². The van der Waals surface area contributed by atoms with E-state index in [1.54, 1.807) is 30.5 Å². The Morgan fingerprint density at radius 3 is 2.21 bits per heavy atom. The van der Waals surface area contributed by atoms with E-state index in [1.165, 1.54) is 5.56 Å². The first kappa shape index (κ1) is 24.0. The van der Waals surface area contributed by atoms with Gasteiger partial charge in [-0.3, -0.25) is 0 Å². The first-order valence-electron chi connectivity index (χ1n) is 11.3. The van der Waals surface area contributed by atoms with Crippen molar-refractivity contribution in [1.29, 1.82) is 0 Å². The lowest BCUT2D eigenvalue weighted by atomic mass is 10.1. The van der Waals surface area contributed by atoms with Crippen LogP contribution in [0.25, 0.3) is 0 Å². The zero-order valence-electron chi connectivity index (χ0n) is 20.3. The van der Waals surface area contributed by atoms with Crippen molar-refractivity contribution in [2.24, 2.45) is 0 Å². The summed E-state index contributed by atoms with van der Waals surface area (Å²) in [6, 6.07) is 13.5. The molecule has 0 amide bonds. The minimum absolute atomic E-state index is 0.335. The Hall–Kier alpha value is -3.17. The van der Waals surface area contributed by atoms with Gasteiger partial charge in [0.2, 0.25) is 16.0 Å². The molecule has 1 aromatic heterocycles. The van der Waals surface area contributed by atoms with Gasteiger partial charge in [0.15, 0.2) is 0 Å². The van der Waals surface area contributed by atoms with Crippen LogP contribution in [0.3, 0.4) is 0 Å². The lowest BCUT2D eigenvalue weighted by molar-refractivity contribution is 0.383. The second kappa shape index (κ2) is 9.60. The van der Waals surface area contributed by atoms with E-state index >= 15 is 0 Å². The van der Waals surface area contributed by atoms with E-state index < -0.39 is 10.0 Å². The minimum atomic E-state index is -3.60. The molecule has 34 heavy (non-hydrogen) atoms. The molecule has 3 aromatic rings. The van der Waals surface area contributed by atoms with Crippen LogP contribution in [-0.4, -0.2) is 56.0 Å². The zero-order valence-corrected chi connectivity index (χ0v) is 21.1. The predicted octanol–water partition coefficient (Wildman–Crippen LogP) is 3.97. The van der Waals surface area contributed by atoms with Gasteiger partial charge in [0, 0.05) is 43.6 Å². The number of sulfonamides is 1. The molecular weight excluding hydrogens is 450 g/mol. The van der Waals surface area contributed by atoms with Crippen molar-refractivity contribution in [3.8, 4) is 5.75 Å². The van der Waals surface area contributed by atoms with Crippen LogP contribution in [0, 0.1) is 27.7 Å². The number of piperazine rings is 1. The fraction of sp³-hybridized carbons (Fsp3) is 0.360. The molecule has 1 aliphatic rings. The molecule has 0 radical (unpaired) electrons. The average molecular weight is 482 g/mol. The van der Waals surface area contributed by atoms with Gasteiger partial charge in [0.25, 0.3) is 0 Å². The summed E-state index contributed by atoms with van der Waals surface area (Å²) in [7, 11) is -2.01. The zero-order chi connectivity index (χ0) is 24.5. The van der Waals surface area contributed by atoms with Gasteiger partial charge in [0.1, 0.15) is 11.6 Å². The monoisotopic (exact) mass is 481 g/mol. The van der Waals surface area contributed by atoms with Gasteiger partial charge in [0.05, 0.1) is 12.0 Å². The smallest absolute Gasteiger partial charge is 0.243 e. The number of nitrogens with one attached hydrogen (secondary N) is 1. The molecule has 0 unspecified atom stereocenters. The van der Waals surface area contributed by atoms with Crippen LogP contribution < -0.4 is 15.0 Å². The van der Waals surface area contributed by atoms with Crippen LogP contribution in [0.15, 0.2) is 47.4 Å². The van der Waals surface area contributed by atoms with E-state index in [-0.39, 0.29) is 0 Å². The van der Waals surface area contributed by atoms with Gasteiger partial charge >= 0.3 is 0 Å². The van der Waals surface area contributed by atoms with Gasteiger partial charge in [-0.1, -0.05) is 17.7 Å². The molecular formula is C25H31N5O3S. The quantitative estimate of drug-likeness (QED) is 0.570. The van der Waals surface area contributed by atoms with Crippen molar-refractivity contribution in [3.05, 3.63) is 64.8 Å². The molecule has 2 aromatic carbocycles. The summed E-state index contributed by atoms with van der Waals surface area (Å²) in [6.45, 7) is 9.50. The molecule has 0 saturated carbocycles. The Labute approximate surface area is 201 Å². The molecule has 1 saturated heterocycles. The average Bonchev–Trinajstić information content (AvgIpc) is 2.81. The number of rotatable bonds is 6. The van der Waals surface area contributed by atoms with E-state index in [4.69, 9.17) is 4.74 Å². The number of aryl methyl sites for hydroxylation is 4. The summed E-state index contributed by atoms with van der Waals surface area (Å²) < 4.78 is 33.6. The Balaban J connectivity index is 1.49. The van der Waals surface area contributed by atoms with Gasteiger partial charge in [-0.2, -0.15) is 9.29 Å². The largest absolute Gasteiger partial charge is 0.496 e. The Bertz CT molecular complexity index is 1280. The third-order valence-corrected chi connectivity index (χ3v) is 8.06. The molecule has 1 aliphatic heterocycles. The number of benzene rings is 2. The highest BCUT2D eigenvalue weighted by Gasteiger charge is 2.30.